The van der Waals surface area contributed by atoms with E-state index in [1.807, 2.05) is 0 Å². The lowest BCUT2D eigenvalue weighted by Gasteiger charge is -2.28. The number of nitrogens with one attached hydrogen (secondary N) is 3. The molecule has 1 heterocycles. The molecular weight excluding hydrogens is 246 g/mol. The molecule has 0 saturated carbocycles. The second-order valence-corrected chi connectivity index (χ2v) is 5.54. The Bertz CT molecular complexity index is 351. The smallest absolute Gasteiger partial charge is 0.421 e. The van der Waals surface area contributed by atoms with Crippen molar-refractivity contribution in [2.45, 2.75) is 25.8 Å². The zero-order chi connectivity index (χ0) is 12.9. The third-order valence-corrected chi connectivity index (χ3v) is 3.95. The monoisotopic (exact) mass is 265 g/mol. The number of carbonyl (C=O) groups is 1. The van der Waals surface area contributed by atoms with Crippen molar-refractivity contribution in [2.75, 3.05) is 20.2 Å². The average molecular weight is 265 g/mol. The van der Waals surface area contributed by atoms with Crippen LogP contribution in [0.5, 0.6) is 0 Å². The molecule has 0 radical (unpaired) electrons. The second-order valence-electron chi connectivity index (χ2n) is 4.09. The van der Waals surface area contributed by atoms with Gasteiger partial charge in [0, 0.05) is 6.04 Å². The van der Waals surface area contributed by atoms with E-state index in [1.165, 1.54) is 0 Å². The summed E-state index contributed by atoms with van der Waals surface area (Å²) in [4.78, 5) is 10.8. The first-order valence-electron chi connectivity index (χ1n) is 5.53. The van der Waals surface area contributed by atoms with Crippen molar-refractivity contribution >= 4 is 16.3 Å². The van der Waals surface area contributed by atoms with Crippen molar-refractivity contribution < 1.29 is 17.9 Å². The summed E-state index contributed by atoms with van der Waals surface area (Å²) in [6.45, 7) is 3.58. The molecule has 0 aromatic rings. The van der Waals surface area contributed by atoms with Gasteiger partial charge in [0.15, 0.2) is 0 Å². The summed E-state index contributed by atoms with van der Waals surface area (Å²) in [6, 6.07) is -0.209. The topological polar surface area (TPSA) is 96.5 Å². The van der Waals surface area contributed by atoms with E-state index in [1.54, 1.807) is 11.6 Å². The molecule has 1 fully saturated rings. The number of methoxy groups -OCH3 is 1. The van der Waals surface area contributed by atoms with Gasteiger partial charge in [-0.25, -0.2) is 9.52 Å². The third kappa shape index (κ3) is 4.88. The molecule has 0 bridgehead atoms. The minimum Gasteiger partial charge on any atom is -0.452 e. The summed E-state index contributed by atoms with van der Waals surface area (Å²) in [5, 5.41) is 3.21. The van der Waals surface area contributed by atoms with Gasteiger partial charge in [-0.2, -0.15) is 13.1 Å². The van der Waals surface area contributed by atoms with Gasteiger partial charge in [-0.3, -0.25) is 0 Å². The van der Waals surface area contributed by atoms with Crippen LogP contribution in [0, 0.1) is 5.92 Å². The first kappa shape index (κ1) is 14.2. The molecule has 1 atom stereocenters. The Kier molecular flexibility index (Phi) is 5.16. The molecule has 7 nitrogen and oxygen atoms in total. The van der Waals surface area contributed by atoms with Gasteiger partial charge in [0.25, 0.3) is 0 Å². The van der Waals surface area contributed by atoms with Crippen LogP contribution in [0.3, 0.4) is 0 Å². The number of hydrogen-bond acceptors (Lipinski definition) is 5. The van der Waals surface area contributed by atoms with Gasteiger partial charge in [0.05, 0.1) is 7.11 Å². The molecule has 17 heavy (non-hydrogen) atoms. The Hall–Kier alpha value is -0.860. The van der Waals surface area contributed by atoms with Crippen LogP contribution in [-0.2, 0) is 14.9 Å². The lowest BCUT2D eigenvalue weighted by atomic mass is 9.92. The number of piperidine rings is 1. The first-order chi connectivity index (χ1) is 7.94. The largest absolute Gasteiger partial charge is 0.452 e. The summed E-state index contributed by atoms with van der Waals surface area (Å²) in [6.07, 6.45) is 0.846. The van der Waals surface area contributed by atoms with Crippen LogP contribution in [0.2, 0.25) is 0 Å². The summed E-state index contributed by atoms with van der Waals surface area (Å²) in [7, 11) is -2.72. The second kappa shape index (κ2) is 6.18. The van der Waals surface area contributed by atoms with E-state index in [2.05, 4.69) is 14.8 Å². The maximum absolute atomic E-state index is 11.5. The molecule has 0 aromatic heterocycles. The summed E-state index contributed by atoms with van der Waals surface area (Å²) < 4.78 is 31.4. The molecule has 1 aliphatic heterocycles. The molecule has 1 rings (SSSR count). The van der Waals surface area contributed by atoms with Crippen LogP contribution in [0.15, 0.2) is 0 Å². The molecule has 1 amide bonds. The molecule has 0 aliphatic carbocycles. The minimum absolute atomic E-state index is 0.209. The number of rotatable bonds is 4. The molecule has 100 valence electrons. The van der Waals surface area contributed by atoms with Gasteiger partial charge in [-0.05, 0) is 38.8 Å². The van der Waals surface area contributed by atoms with Crippen LogP contribution < -0.4 is 14.8 Å². The van der Waals surface area contributed by atoms with Gasteiger partial charge >= 0.3 is 16.3 Å². The quantitative estimate of drug-likeness (QED) is 0.640. The summed E-state index contributed by atoms with van der Waals surface area (Å²) in [5.41, 5.74) is 0. The van der Waals surface area contributed by atoms with Gasteiger partial charge < -0.3 is 10.1 Å². The van der Waals surface area contributed by atoms with Crippen molar-refractivity contribution in [1.29, 1.82) is 0 Å². The van der Waals surface area contributed by atoms with Crippen molar-refractivity contribution in [1.82, 2.24) is 14.8 Å². The molecule has 0 aromatic carbocycles. The highest BCUT2D eigenvalue weighted by Gasteiger charge is 2.24. The number of ether oxygens (including phenoxy) is 1. The standard InChI is InChI=1S/C9H19N3O4S/c1-7(8-3-5-10-6-4-8)11-17(14,15)12-9(13)16-2/h7-8,10-11H,3-6H2,1-2H3,(H,12,13). The highest BCUT2D eigenvalue weighted by Crippen LogP contribution is 2.16. The van der Waals surface area contributed by atoms with Crippen molar-refractivity contribution in [3.63, 3.8) is 0 Å². The minimum atomic E-state index is -3.84. The van der Waals surface area contributed by atoms with Gasteiger partial charge in [-0.15, -0.1) is 0 Å². The van der Waals surface area contributed by atoms with E-state index >= 15 is 0 Å². The van der Waals surface area contributed by atoms with E-state index in [9.17, 15) is 13.2 Å². The lowest BCUT2D eigenvalue weighted by Crippen LogP contribution is -2.48. The van der Waals surface area contributed by atoms with E-state index < -0.39 is 16.3 Å². The van der Waals surface area contributed by atoms with Crippen LogP contribution in [0.4, 0.5) is 4.79 Å². The zero-order valence-corrected chi connectivity index (χ0v) is 10.8. The Morgan fingerprint density at radius 3 is 2.53 bits per heavy atom. The molecular formula is C9H19N3O4S. The fraction of sp³-hybridized carbons (Fsp3) is 0.889. The first-order valence-corrected chi connectivity index (χ1v) is 7.01. The van der Waals surface area contributed by atoms with Crippen molar-refractivity contribution in [3.8, 4) is 0 Å². The van der Waals surface area contributed by atoms with Crippen LogP contribution in [0.25, 0.3) is 0 Å². The number of carbonyl (C=O) groups excluding carboxylic acids is 1. The Morgan fingerprint density at radius 2 is 2.00 bits per heavy atom. The highest BCUT2D eigenvalue weighted by atomic mass is 32.2. The maximum atomic E-state index is 11.5. The normalized spacial score (nSPS) is 19.6. The summed E-state index contributed by atoms with van der Waals surface area (Å²) >= 11 is 0. The Balaban J connectivity index is 2.48. The zero-order valence-electron chi connectivity index (χ0n) is 10.0. The lowest BCUT2D eigenvalue weighted by molar-refractivity contribution is 0.177. The number of hydrogen-bond donors (Lipinski definition) is 3. The van der Waals surface area contributed by atoms with E-state index in [-0.39, 0.29) is 12.0 Å². The van der Waals surface area contributed by atoms with Crippen LogP contribution >= 0.6 is 0 Å². The van der Waals surface area contributed by atoms with Gasteiger partial charge in [-0.1, -0.05) is 0 Å². The highest BCUT2D eigenvalue weighted by molar-refractivity contribution is 7.88. The van der Waals surface area contributed by atoms with Crippen LogP contribution in [-0.4, -0.2) is 40.8 Å². The third-order valence-electron chi connectivity index (χ3n) is 2.84. The molecule has 0 spiro atoms. The fourth-order valence-corrected chi connectivity index (χ4v) is 2.91. The predicted molar refractivity (Wildman–Crippen MR) is 62.7 cm³/mol. The predicted octanol–water partition coefficient (Wildman–Crippen LogP) is -0.435. The Morgan fingerprint density at radius 1 is 1.41 bits per heavy atom. The van der Waals surface area contributed by atoms with E-state index in [4.69, 9.17) is 0 Å². The van der Waals surface area contributed by atoms with Crippen molar-refractivity contribution in [2.24, 2.45) is 5.92 Å². The average Bonchev–Trinajstić information content (AvgIpc) is 2.28. The fourth-order valence-electron chi connectivity index (χ4n) is 1.87. The number of amides is 1. The molecule has 3 N–H and O–H groups in total. The van der Waals surface area contributed by atoms with E-state index in [0.29, 0.717) is 0 Å². The molecule has 8 heteroatoms. The van der Waals surface area contributed by atoms with Gasteiger partial charge in [0.2, 0.25) is 0 Å². The maximum Gasteiger partial charge on any atom is 0.421 e. The SMILES string of the molecule is COC(=O)NS(=O)(=O)NC(C)C1CCNCC1. The van der Waals surface area contributed by atoms with Gasteiger partial charge in [0.1, 0.15) is 0 Å². The van der Waals surface area contributed by atoms with Crippen molar-refractivity contribution in [3.05, 3.63) is 0 Å². The molecule has 1 aliphatic rings. The van der Waals surface area contributed by atoms with Crippen LogP contribution in [0.1, 0.15) is 19.8 Å². The molecule has 1 saturated heterocycles. The van der Waals surface area contributed by atoms with E-state index in [0.717, 1.165) is 33.0 Å². The summed E-state index contributed by atoms with van der Waals surface area (Å²) in [5.74, 6) is 0.283. The molecule has 1 unspecified atom stereocenters. The Labute approximate surface area is 101 Å².